The summed E-state index contributed by atoms with van der Waals surface area (Å²) >= 11 is 0. The topological polar surface area (TPSA) is 52.6 Å². The predicted molar refractivity (Wildman–Crippen MR) is 87.8 cm³/mol. The van der Waals surface area contributed by atoms with Crippen molar-refractivity contribution in [3.8, 4) is 0 Å². The van der Waals surface area contributed by atoms with Gasteiger partial charge in [-0.25, -0.2) is 0 Å². The van der Waals surface area contributed by atoms with Gasteiger partial charge in [0.15, 0.2) is 0 Å². The molecule has 1 fully saturated rings. The summed E-state index contributed by atoms with van der Waals surface area (Å²) < 4.78 is 10.4. The highest BCUT2D eigenvalue weighted by atomic mass is 16.7. The van der Waals surface area contributed by atoms with Crippen molar-refractivity contribution in [1.82, 2.24) is 0 Å². The van der Waals surface area contributed by atoms with Gasteiger partial charge in [-0.3, -0.25) is 9.59 Å². The molecule has 1 unspecified atom stereocenters. The Balaban J connectivity index is 1.99. The maximum Gasteiger partial charge on any atom is 0.320 e. The Bertz CT molecular complexity index is 564. The summed E-state index contributed by atoms with van der Waals surface area (Å²) in [5, 5.41) is 0. The van der Waals surface area contributed by atoms with E-state index in [4.69, 9.17) is 9.47 Å². The average molecular weight is 318 g/mol. The van der Waals surface area contributed by atoms with Gasteiger partial charge in [0.2, 0.25) is 0 Å². The van der Waals surface area contributed by atoms with Crippen molar-refractivity contribution < 1.29 is 19.1 Å². The van der Waals surface area contributed by atoms with Gasteiger partial charge in [-0.05, 0) is 28.9 Å². The van der Waals surface area contributed by atoms with Crippen LogP contribution >= 0.6 is 0 Å². The smallest absolute Gasteiger partial charge is 0.320 e. The molecule has 0 amide bonds. The molecule has 0 bridgehead atoms. The van der Waals surface area contributed by atoms with Gasteiger partial charge in [-0.2, -0.15) is 0 Å². The van der Waals surface area contributed by atoms with Gasteiger partial charge in [0.1, 0.15) is 6.42 Å². The minimum absolute atomic E-state index is 0.222. The molecule has 0 saturated carbocycles. The number of carbonyl (C=O) groups excluding carboxylic acids is 2. The summed E-state index contributed by atoms with van der Waals surface area (Å²) in [5.41, 5.74) is 2.66. The maximum atomic E-state index is 11.4. The van der Waals surface area contributed by atoms with Crippen molar-refractivity contribution in [2.75, 3.05) is 0 Å². The van der Waals surface area contributed by atoms with E-state index in [1.165, 1.54) is 5.56 Å². The highest BCUT2D eigenvalue weighted by molar-refractivity contribution is 5.93. The lowest BCUT2D eigenvalue weighted by molar-refractivity contribution is -0.239. The van der Waals surface area contributed by atoms with Crippen molar-refractivity contribution in [1.29, 1.82) is 0 Å². The fraction of sp³-hybridized carbons (Fsp3) is 0.579. The normalized spacial score (nSPS) is 19.0. The van der Waals surface area contributed by atoms with Crippen LogP contribution in [0.4, 0.5) is 0 Å². The highest BCUT2D eigenvalue weighted by Gasteiger charge is 2.38. The van der Waals surface area contributed by atoms with Crippen LogP contribution in [-0.4, -0.2) is 17.7 Å². The van der Waals surface area contributed by atoms with Crippen LogP contribution < -0.4 is 0 Å². The van der Waals surface area contributed by atoms with Crippen LogP contribution in [0.15, 0.2) is 24.3 Å². The molecule has 0 radical (unpaired) electrons. The summed E-state index contributed by atoms with van der Waals surface area (Å²) in [7, 11) is 0. The van der Waals surface area contributed by atoms with E-state index in [9.17, 15) is 9.59 Å². The number of carbonyl (C=O) groups is 2. The first-order valence-corrected chi connectivity index (χ1v) is 8.12. The number of hydrogen-bond acceptors (Lipinski definition) is 4. The molecular formula is C19H26O4. The fourth-order valence-electron chi connectivity index (χ4n) is 2.64. The molecule has 0 aromatic heterocycles. The SMILES string of the molecule is CC(c1ccc(CCC2(C)OC(=O)CC(=O)O2)cc1)C(C)(C)C. The molecule has 1 atom stereocenters. The van der Waals surface area contributed by atoms with Gasteiger partial charge in [0, 0.05) is 13.3 Å². The van der Waals surface area contributed by atoms with Crippen molar-refractivity contribution in [2.45, 2.75) is 65.6 Å². The summed E-state index contributed by atoms with van der Waals surface area (Å²) in [6, 6.07) is 8.47. The highest BCUT2D eigenvalue weighted by Crippen LogP contribution is 2.34. The summed E-state index contributed by atoms with van der Waals surface area (Å²) in [5.74, 6) is -1.71. The van der Waals surface area contributed by atoms with E-state index in [0.29, 0.717) is 18.8 Å². The molecule has 0 aliphatic carbocycles. The van der Waals surface area contributed by atoms with E-state index in [0.717, 1.165) is 5.56 Å². The summed E-state index contributed by atoms with van der Waals surface area (Å²) in [4.78, 5) is 22.8. The van der Waals surface area contributed by atoms with E-state index in [1.807, 2.05) is 0 Å². The van der Waals surface area contributed by atoms with Crippen LogP contribution in [0.3, 0.4) is 0 Å². The number of hydrogen-bond donors (Lipinski definition) is 0. The van der Waals surface area contributed by atoms with Gasteiger partial charge < -0.3 is 9.47 Å². The van der Waals surface area contributed by atoms with Gasteiger partial charge in [-0.15, -0.1) is 0 Å². The Labute approximate surface area is 138 Å². The van der Waals surface area contributed by atoms with Gasteiger partial charge in [-0.1, -0.05) is 52.0 Å². The van der Waals surface area contributed by atoms with E-state index >= 15 is 0 Å². The first kappa shape index (κ1) is 17.5. The Hall–Kier alpha value is -1.84. The Morgan fingerprint density at radius 1 is 1.09 bits per heavy atom. The zero-order chi connectivity index (χ0) is 17.3. The molecule has 1 aromatic carbocycles. The third-order valence-electron chi connectivity index (χ3n) is 4.59. The predicted octanol–water partition coefficient (Wildman–Crippen LogP) is 3.98. The average Bonchev–Trinajstić information content (AvgIpc) is 2.42. The lowest BCUT2D eigenvalue weighted by atomic mass is 9.78. The zero-order valence-corrected chi connectivity index (χ0v) is 14.6. The first-order chi connectivity index (χ1) is 10.6. The second kappa shape index (κ2) is 6.34. The zero-order valence-electron chi connectivity index (χ0n) is 14.6. The number of ether oxygens (including phenoxy) is 2. The molecule has 1 saturated heterocycles. The standard InChI is InChI=1S/C19H26O4/c1-13(18(2,3)4)15-8-6-14(7-9-15)10-11-19(5)22-16(20)12-17(21)23-19/h6-9,13H,10-12H2,1-5H3. The third-order valence-corrected chi connectivity index (χ3v) is 4.59. The van der Waals surface area contributed by atoms with Crippen LogP contribution in [0.25, 0.3) is 0 Å². The number of esters is 2. The molecule has 1 heterocycles. The van der Waals surface area contributed by atoms with E-state index in [1.54, 1.807) is 6.92 Å². The van der Waals surface area contributed by atoms with Gasteiger partial charge in [0.25, 0.3) is 5.79 Å². The summed E-state index contributed by atoms with van der Waals surface area (Å²) in [6.45, 7) is 10.6. The van der Waals surface area contributed by atoms with Crippen molar-refractivity contribution in [3.05, 3.63) is 35.4 Å². The second-order valence-electron chi connectivity index (χ2n) is 7.59. The van der Waals surface area contributed by atoms with Gasteiger partial charge in [0.05, 0.1) is 0 Å². The fourth-order valence-corrected chi connectivity index (χ4v) is 2.64. The molecule has 1 aliphatic heterocycles. The Kier molecular flexibility index (Phi) is 4.83. The largest absolute Gasteiger partial charge is 0.422 e. The number of benzene rings is 1. The molecule has 1 aliphatic rings. The molecule has 126 valence electrons. The van der Waals surface area contributed by atoms with E-state index in [2.05, 4.69) is 52.0 Å². The van der Waals surface area contributed by atoms with E-state index < -0.39 is 17.7 Å². The molecule has 2 rings (SSSR count). The molecule has 0 N–H and O–H groups in total. The molecule has 0 spiro atoms. The Morgan fingerprint density at radius 3 is 2.09 bits per heavy atom. The molecule has 1 aromatic rings. The van der Waals surface area contributed by atoms with E-state index in [-0.39, 0.29) is 11.8 Å². The van der Waals surface area contributed by atoms with Crippen molar-refractivity contribution in [2.24, 2.45) is 5.41 Å². The number of cyclic esters (lactones) is 2. The molecular weight excluding hydrogens is 292 g/mol. The maximum absolute atomic E-state index is 11.4. The van der Waals surface area contributed by atoms with Crippen molar-refractivity contribution in [3.63, 3.8) is 0 Å². The van der Waals surface area contributed by atoms with Gasteiger partial charge >= 0.3 is 11.9 Å². The van der Waals surface area contributed by atoms with Crippen LogP contribution in [0, 0.1) is 5.41 Å². The lowest BCUT2D eigenvalue weighted by Gasteiger charge is -2.32. The van der Waals surface area contributed by atoms with Crippen LogP contribution in [0.1, 0.15) is 64.5 Å². The minimum Gasteiger partial charge on any atom is -0.422 e. The van der Waals surface area contributed by atoms with Crippen LogP contribution in [0.2, 0.25) is 0 Å². The first-order valence-electron chi connectivity index (χ1n) is 8.12. The van der Waals surface area contributed by atoms with Crippen LogP contribution in [0.5, 0.6) is 0 Å². The minimum atomic E-state index is -1.15. The van der Waals surface area contributed by atoms with Crippen LogP contribution in [-0.2, 0) is 25.5 Å². The quantitative estimate of drug-likeness (QED) is 0.622. The van der Waals surface area contributed by atoms with Crippen molar-refractivity contribution >= 4 is 11.9 Å². The Morgan fingerprint density at radius 2 is 1.61 bits per heavy atom. The number of rotatable bonds is 4. The molecule has 4 heteroatoms. The lowest BCUT2D eigenvalue weighted by Crippen LogP contribution is -2.43. The summed E-state index contributed by atoms with van der Waals surface area (Å²) in [6.07, 6.45) is 0.842. The molecule has 4 nitrogen and oxygen atoms in total. The second-order valence-corrected chi connectivity index (χ2v) is 7.59. The molecule has 23 heavy (non-hydrogen) atoms. The number of aryl methyl sites for hydroxylation is 1. The third kappa shape index (κ3) is 4.57. The monoisotopic (exact) mass is 318 g/mol.